The Hall–Kier alpha value is -1.15. The Bertz CT molecular complexity index is 531. The van der Waals surface area contributed by atoms with E-state index in [1.54, 1.807) is 30.7 Å². The van der Waals surface area contributed by atoms with Crippen LogP contribution in [0.1, 0.15) is 5.56 Å². The van der Waals surface area contributed by atoms with Gasteiger partial charge >= 0.3 is 0 Å². The van der Waals surface area contributed by atoms with Crippen LogP contribution in [0.4, 0.5) is 0 Å². The van der Waals surface area contributed by atoms with Crippen molar-refractivity contribution < 1.29 is 9.47 Å². The molecule has 0 fully saturated rings. The molecule has 0 aliphatic heterocycles. The van der Waals surface area contributed by atoms with E-state index in [9.17, 15) is 0 Å². The van der Waals surface area contributed by atoms with E-state index in [0.29, 0.717) is 6.54 Å². The fourth-order valence-corrected chi connectivity index (χ4v) is 2.50. The Morgan fingerprint density at radius 1 is 1.25 bits per heavy atom. The molecule has 1 heterocycles. The molecular formula is C12H15ClN4O2S. The first-order chi connectivity index (χ1) is 9.72. The summed E-state index contributed by atoms with van der Waals surface area (Å²) in [7, 11) is 3.16. The summed E-state index contributed by atoms with van der Waals surface area (Å²) in [4.78, 5) is 0. The van der Waals surface area contributed by atoms with Gasteiger partial charge in [-0.15, -0.1) is 5.10 Å². The van der Waals surface area contributed by atoms with Crippen LogP contribution in [0, 0.1) is 0 Å². The molecule has 2 aromatic rings. The molecule has 0 radical (unpaired) electrons. The molecule has 0 aliphatic carbocycles. The van der Waals surface area contributed by atoms with E-state index in [4.69, 9.17) is 21.1 Å². The highest BCUT2D eigenvalue weighted by Gasteiger charge is 2.12. The predicted molar refractivity (Wildman–Crippen MR) is 76.6 cm³/mol. The van der Waals surface area contributed by atoms with Crippen LogP contribution in [0.2, 0.25) is 5.02 Å². The molecule has 20 heavy (non-hydrogen) atoms. The fraction of sp³-hybridized carbons (Fsp3) is 0.417. The lowest BCUT2D eigenvalue weighted by Crippen LogP contribution is -2.21. The molecule has 0 saturated carbocycles. The molecule has 6 nitrogen and oxygen atoms in total. The quantitative estimate of drug-likeness (QED) is 0.577. The van der Waals surface area contributed by atoms with Crippen molar-refractivity contribution in [3.05, 3.63) is 34.9 Å². The largest absolute Gasteiger partial charge is 0.354 e. The molecule has 0 unspecified atom stereocenters. The predicted octanol–water partition coefficient (Wildman–Crippen LogP) is 2.24. The molecule has 0 amide bonds. The zero-order valence-corrected chi connectivity index (χ0v) is 12.8. The lowest BCUT2D eigenvalue weighted by Gasteiger charge is -2.13. The van der Waals surface area contributed by atoms with Crippen molar-refractivity contribution in [3.63, 3.8) is 0 Å². The zero-order chi connectivity index (χ0) is 14.4. The molecule has 0 spiro atoms. The minimum atomic E-state index is -0.367. The van der Waals surface area contributed by atoms with Gasteiger partial charge in [-0.1, -0.05) is 35.5 Å². The summed E-state index contributed by atoms with van der Waals surface area (Å²) in [6, 6.07) is 7.70. The van der Waals surface area contributed by atoms with E-state index in [2.05, 4.69) is 15.5 Å². The first-order valence-corrected chi connectivity index (χ1v) is 7.28. The van der Waals surface area contributed by atoms with Gasteiger partial charge in [0.1, 0.15) is 0 Å². The number of rotatable bonds is 7. The van der Waals surface area contributed by atoms with Crippen molar-refractivity contribution in [2.45, 2.75) is 23.7 Å². The molecule has 0 atom stereocenters. The topological polar surface area (TPSA) is 62.1 Å². The lowest BCUT2D eigenvalue weighted by molar-refractivity contribution is -0.113. The van der Waals surface area contributed by atoms with Gasteiger partial charge in [0, 0.05) is 25.0 Å². The number of methoxy groups -OCH3 is 2. The van der Waals surface area contributed by atoms with E-state index in [-0.39, 0.29) is 6.29 Å². The summed E-state index contributed by atoms with van der Waals surface area (Å²) in [5, 5.41) is 13.1. The number of ether oxygens (including phenoxy) is 2. The number of tetrazole rings is 1. The van der Waals surface area contributed by atoms with Gasteiger partial charge in [-0.05, 0) is 28.1 Å². The molecule has 1 aromatic carbocycles. The van der Waals surface area contributed by atoms with E-state index < -0.39 is 0 Å². The van der Waals surface area contributed by atoms with Crippen LogP contribution >= 0.6 is 23.4 Å². The van der Waals surface area contributed by atoms with Gasteiger partial charge < -0.3 is 9.47 Å². The molecule has 0 aliphatic rings. The highest BCUT2D eigenvalue weighted by molar-refractivity contribution is 7.98. The summed E-state index contributed by atoms with van der Waals surface area (Å²) in [6.07, 6.45) is -0.367. The minimum Gasteiger partial charge on any atom is -0.354 e. The van der Waals surface area contributed by atoms with E-state index in [0.717, 1.165) is 21.5 Å². The Morgan fingerprint density at radius 2 is 1.95 bits per heavy atom. The summed E-state index contributed by atoms with van der Waals surface area (Å²) < 4.78 is 11.9. The molecule has 0 N–H and O–H groups in total. The van der Waals surface area contributed by atoms with Crippen molar-refractivity contribution in [3.8, 4) is 0 Å². The monoisotopic (exact) mass is 314 g/mol. The fourth-order valence-electron chi connectivity index (χ4n) is 1.53. The second-order valence-corrected chi connectivity index (χ2v) is 5.34. The van der Waals surface area contributed by atoms with Gasteiger partial charge in [0.25, 0.3) is 0 Å². The van der Waals surface area contributed by atoms with Gasteiger partial charge in [0.05, 0.1) is 6.54 Å². The highest BCUT2D eigenvalue weighted by atomic mass is 35.5. The van der Waals surface area contributed by atoms with Crippen LogP contribution in [0.5, 0.6) is 0 Å². The van der Waals surface area contributed by atoms with E-state index in [1.807, 2.05) is 24.3 Å². The van der Waals surface area contributed by atoms with Crippen molar-refractivity contribution in [2.75, 3.05) is 14.2 Å². The standard InChI is InChI=1S/C12H15ClN4O2S/c1-18-11(19-2)7-17-12(14-15-16-17)20-8-9-3-5-10(13)6-4-9/h3-6,11H,7-8H2,1-2H3. The number of thioether (sulfide) groups is 1. The summed E-state index contributed by atoms with van der Waals surface area (Å²) in [6.45, 7) is 0.447. The van der Waals surface area contributed by atoms with Gasteiger partial charge in [-0.25, -0.2) is 4.68 Å². The highest BCUT2D eigenvalue weighted by Crippen LogP contribution is 2.21. The average Bonchev–Trinajstić information content (AvgIpc) is 2.91. The van der Waals surface area contributed by atoms with Crippen molar-refractivity contribution in [1.29, 1.82) is 0 Å². The van der Waals surface area contributed by atoms with Crippen molar-refractivity contribution in [1.82, 2.24) is 20.2 Å². The zero-order valence-electron chi connectivity index (χ0n) is 11.2. The van der Waals surface area contributed by atoms with Crippen LogP contribution < -0.4 is 0 Å². The van der Waals surface area contributed by atoms with Crippen LogP contribution in [-0.4, -0.2) is 40.7 Å². The normalized spacial score (nSPS) is 11.2. The smallest absolute Gasteiger partial charge is 0.209 e. The SMILES string of the molecule is COC(Cn1nnnc1SCc1ccc(Cl)cc1)OC. The Labute approximate surface area is 126 Å². The van der Waals surface area contributed by atoms with Crippen LogP contribution in [0.25, 0.3) is 0 Å². The number of benzene rings is 1. The summed E-state index contributed by atoms with van der Waals surface area (Å²) in [5.74, 6) is 0.766. The van der Waals surface area contributed by atoms with Crippen molar-refractivity contribution >= 4 is 23.4 Å². The second kappa shape index (κ2) is 7.58. The van der Waals surface area contributed by atoms with Gasteiger partial charge in [0.2, 0.25) is 5.16 Å². The van der Waals surface area contributed by atoms with Crippen LogP contribution in [-0.2, 0) is 21.8 Å². The maximum atomic E-state index is 5.85. The maximum Gasteiger partial charge on any atom is 0.209 e. The van der Waals surface area contributed by atoms with Gasteiger partial charge in [-0.3, -0.25) is 0 Å². The first kappa shape index (κ1) is 15.2. The molecule has 0 saturated heterocycles. The molecule has 2 rings (SSSR count). The lowest BCUT2D eigenvalue weighted by atomic mass is 10.2. The average molecular weight is 315 g/mol. The Morgan fingerprint density at radius 3 is 2.60 bits per heavy atom. The Kier molecular flexibility index (Phi) is 5.78. The van der Waals surface area contributed by atoms with Gasteiger partial charge in [0.15, 0.2) is 6.29 Å². The third-order valence-electron chi connectivity index (χ3n) is 2.63. The molecule has 108 valence electrons. The number of hydrogen-bond donors (Lipinski definition) is 0. The van der Waals surface area contributed by atoms with Crippen LogP contribution in [0.3, 0.4) is 0 Å². The molecular weight excluding hydrogens is 300 g/mol. The Balaban J connectivity index is 1.96. The first-order valence-electron chi connectivity index (χ1n) is 5.92. The number of halogens is 1. The second-order valence-electron chi connectivity index (χ2n) is 3.96. The van der Waals surface area contributed by atoms with Gasteiger partial charge in [-0.2, -0.15) is 0 Å². The summed E-state index contributed by atoms with van der Waals surface area (Å²) >= 11 is 7.40. The maximum absolute atomic E-state index is 5.85. The molecule has 1 aromatic heterocycles. The van der Waals surface area contributed by atoms with E-state index >= 15 is 0 Å². The number of hydrogen-bond acceptors (Lipinski definition) is 6. The number of aromatic nitrogens is 4. The van der Waals surface area contributed by atoms with E-state index in [1.165, 1.54) is 0 Å². The summed E-state index contributed by atoms with van der Waals surface area (Å²) in [5.41, 5.74) is 1.16. The van der Waals surface area contributed by atoms with Crippen LogP contribution in [0.15, 0.2) is 29.4 Å². The minimum absolute atomic E-state index is 0.367. The molecule has 0 bridgehead atoms. The molecule has 8 heteroatoms. The van der Waals surface area contributed by atoms with Crippen molar-refractivity contribution in [2.24, 2.45) is 0 Å². The third-order valence-corrected chi connectivity index (χ3v) is 3.91. The number of nitrogens with zero attached hydrogens (tertiary/aromatic N) is 4. The third kappa shape index (κ3) is 4.17.